The van der Waals surface area contributed by atoms with Crippen molar-refractivity contribution in [2.24, 2.45) is 7.05 Å². The Bertz CT molecular complexity index is 927. The number of Topliss-reactive ketones (excluding diaryl/α,β-unsaturated/α-hetero) is 1. The molecule has 0 unspecified atom stereocenters. The summed E-state index contributed by atoms with van der Waals surface area (Å²) in [5.74, 6) is -0.102. The van der Waals surface area contributed by atoms with Crippen molar-refractivity contribution >= 4 is 34.5 Å². The van der Waals surface area contributed by atoms with E-state index in [9.17, 15) is 14.4 Å². The van der Waals surface area contributed by atoms with Crippen molar-refractivity contribution in [3.05, 3.63) is 70.4 Å². The number of aromatic nitrogens is 2. The summed E-state index contributed by atoms with van der Waals surface area (Å²) in [7, 11) is 1.76. The Hall–Kier alpha value is -3.06. The topological polar surface area (TPSA) is 81.1 Å². The predicted molar refractivity (Wildman–Crippen MR) is 99.6 cm³/mol. The molecule has 1 N–H and O–H groups in total. The second-order valence-electron chi connectivity index (χ2n) is 5.72. The van der Waals surface area contributed by atoms with Crippen molar-refractivity contribution in [2.45, 2.75) is 12.8 Å². The van der Waals surface area contributed by atoms with Crippen molar-refractivity contribution in [3.63, 3.8) is 0 Å². The average molecular weight is 367 g/mol. The molecule has 0 fully saturated rings. The number of benzene rings is 1. The maximum atomic E-state index is 12.3. The molecular weight excluding hydrogens is 350 g/mol. The highest BCUT2D eigenvalue weighted by molar-refractivity contribution is 7.12. The normalized spacial score (nSPS) is 10.5. The van der Waals surface area contributed by atoms with Gasteiger partial charge in [-0.1, -0.05) is 6.07 Å². The van der Waals surface area contributed by atoms with Gasteiger partial charge < -0.3 is 9.88 Å². The Labute approximate surface area is 154 Å². The standard InChI is InChI=1S/C19H17N3O3S/c1-22-11-10-20-19(22)18(25)13-4-6-14(7-5-13)21-17(24)9-8-15(23)16-3-2-12-26-16/h2-7,10-12H,8-9H2,1H3,(H,21,24). The van der Waals surface area contributed by atoms with Crippen LogP contribution in [-0.4, -0.2) is 27.0 Å². The van der Waals surface area contributed by atoms with Crippen LogP contribution in [0.1, 0.15) is 38.7 Å². The molecule has 0 aliphatic rings. The second-order valence-corrected chi connectivity index (χ2v) is 6.66. The lowest BCUT2D eigenvalue weighted by molar-refractivity contribution is -0.116. The first-order valence-electron chi connectivity index (χ1n) is 8.03. The second kappa shape index (κ2) is 7.88. The molecule has 1 amide bonds. The molecule has 6 nitrogen and oxygen atoms in total. The van der Waals surface area contributed by atoms with Crippen LogP contribution in [0.4, 0.5) is 5.69 Å². The minimum atomic E-state index is -0.238. The lowest BCUT2D eigenvalue weighted by atomic mass is 10.1. The fourth-order valence-corrected chi connectivity index (χ4v) is 3.12. The first-order chi connectivity index (χ1) is 12.5. The Kier molecular flexibility index (Phi) is 5.38. The van der Waals surface area contributed by atoms with E-state index in [4.69, 9.17) is 0 Å². The fourth-order valence-electron chi connectivity index (χ4n) is 2.43. The van der Waals surface area contributed by atoms with Crippen molar-refractivity contribution in [1.29, 1.82) is 0 Å². The molecule has 0 radical (unpaired) electrons. The zero-order valence-corrected chi connectivity index (χ0v) is 15.0. The lowest BCUT2D eigenvalue weighted by Gasteiger charge is -2.06. The Morgan fingerprint density at radius 2 is 1.88 bits per heavy atom. The van der Waals surface area contributed by atoms with Gasteiger partial charge in [0.05, 0.1) is 4.88 Å². The van der Waals surface area contributed by atoms with Crippen LogP contribution in [0.2, 0.25) is 0 Å². The molecule has 3 rings (SSSR count). The Morgan fingerprint density at radius 1 is 1.12 bits per heavy atom. The van der Waals surface area contributed by atoms with E-state index in [2.05, 4.69) is 10.3 Å². The number of amides is 1. The van der Waals surface area contributed by atoms with Crippen LogP contribution >= 0.6 is 11.3 Å². The number of imidazole rings is 1. The first-order valence-corrected chi connectivity index (χ1v) is 8.91. The van der Waals surface area contributed by atoms with Gasteiger partial charge in [0.25, 0.3) is 0 Å². The van der Waals surface area contributed by atoms with Crippen LogP contribution in [0, 0.1) is 0 Å². The molecule has 2 aromatic heterocycles. The van der Waals surface area contributed by atoms with Crippen LogP contribution in [0.3, 0.4) is 0 Å². The number of aryl methyl sites for hydroxylation is 1. The number of carbonyl (C=O) groups is 3. The van der Waals surface area contributed by atoms with Crippen molar-refractivity contribution < 1.29 is 14.4 Å². The lowest BCUT2D eigenvalue weighted by Crippen LogP contribution is -2.13. The third kappa shape index (κ3) is 4.12. The van der Waals surface area contributed by atoms with Gasteiger partial charge in [-0.25, -0.2) is 4.98 Å². The number of nitrogens with one attached hydrogen (secondary N) is 1. The molecule has 0 aliphatic heterocycles. The van der Waals surface area contributed by atoms with Gasteiger partial charge in [-0.15, -0.1) is 11.3 Å². The third-order valence-electron chi connectivity index (χ3n) is 3.83. The summed E-state index contributed by atoms with van der Waals surface area (Å²) in [4.78, 5) is 40.9. The summed E-state index contributed by atoms with van der Waals surface area (Å²) in [6.07, 6.45) is 3.56. The molecule has 0 bridgehead atoms. The minimum absolute atomic E-state index is 0.0360. The van der Waals surface area contributed by atoms with Gasteiger partial charge >= 0.3 is 0 Å². The van der Waals surface area contributed by atoms with Gasteiger partial charge in [-0.05, 0) is 35.7 Å². The summed E-state index contributed by atoms with van der Waals surface area (Å²) in [6.45, 7) is 0. The van der Waals surface area contributed by atoms with Crippen molar-refractivity contribution in [2.75, 3.05) is 5.32 Å². The third-order valence-corrected chi connectivity index (χ3v) is 4.74. The summed E-state index contributed by atoms with van der Waals surface area (Å²) in [5, 5.41) is 4.57. The maximum Gasteiger partial charge on any atom is 0.228 e. The van der Waals surface area contributed by atoms with Gasteiger partial charge in [0.2, 0.25) is 11.7 Å². The molecule has 0 spiro atoms. The Balaban J connectivity index is 1.55. The molecule has 2 heterocycles. The molecule has 0 aliphatic carbocycles. The van der Waals surface area contributed by atoms with Gasteiger partial charge in [0.1, 0.15) is 0 Å². The number of ketones is 2. The van der Waals surface area contributed by atoms with Crippen LogP contribution < -0.4 is 5.32 Å². The molecular formula is C19H17N3O3S. The molecule has 0 saturated heterocycles. The fraction of sp³-hybridized carbons (Fsp3) is 0.158. The van der Waals surface area contributed by atoms with E-state index in [-0.39, 0.29) is 30.3 Å². The van der Waals surface area contributed by atoms with Gasteiger partial charge in [0.15, 0.2) is 11.6 Å². The SMILES string of the molecule is Cn1ccnc1C(=O)c1ccc(NC(=O)CCC(=O)c2cccs2)cc1. The quantitative estimate of drug-likeness (QED) is 0.650. The zero-order valence-electron chi connectivity index (χ0n) is 14.1. The summed E-state index contributed by atoms with van der Waals surface area (Å²) < 4.78 is 1.66. The van der Waals surface area contributed by atoms with Gasteiger partial charge in [-0.3, -0.25) is 14.4 Å². The number of anilines is 1. The van der Waals surface area contributed by atoms with E-state index in [1.54, 1.807) is 54.3 Å². The number of carbonyl (C=O) groups excluding carboxylic acids is 3. The van der Waals surface area contributed by atoms with Crippen LogP contribution in [0.5, 0.6) is 0 Å². The van der Waals surface area contributed by atoms with Crippen LogP contribution in [-0.2, 0) is 11.8 Å². The van der Waals surface area contributed by atoms with E-state index in [1.165, 1.54) is 11.3 Å². The van der Waals surface area contributed by atoms with E-state index in [0.29, 0.717) is 22.0 Å². The molecule has 132 valence electrons. The van der Waals surface area contributed by atoms with Crippen molar-refractivity contribution in [3.8, 4) is 0 Å². The van der Waals surface area contributed by atoms with E-state index in [1.807, 2.05) is 11.4 Å². The number of rotatable bonds is 7. The largest absolute Gasteiger partial charge is 0.331 e. The Morgan fingerprint density at radius 3 is 2.50 bits per heavy atom. The minimum Gasteiger partial charge on any atom is -0.331 e. The molecule has 3 aromatic rings. The van der Waals surface area contributed by atoms with Crippen LogP contribution in [0.25, 0.3) is 0 Å². The highest BCUT2D eigenvalue weighted by Gasteiger charge is 2.14. The van der Waals surface area contributed by atoms with Gasteiger partial charge in [-0.2, -0.15) is 0 Å². The van der Waals surface area contributed by atoms with Crippen LogP contribution in [0.15, 0.2) is 54.2 Å². The van der Waals surface area contributed by atoms with E-state index >= 15 is 0 Å². The monoisotopic (exact) mass is 367 g/mol. The zero-order chi connectivity index (χ0) is 18.5. The smallest absolute Gasteiger partial charge is 0.228 e. The number of thiophene rings is 1. The highest BCUT2D eigenvalue weighted by atomic mass is 32.1. The molecule has 0 atom stereocenters. The van der Waals surface area contributed by atoms with E-state index in [0.717, 1.165) is 0 Å². The first kappa shape index (κ1) is 17.8. The van der Waals surface area contributed by atoms with E-state index < -0.39 is 0 Å². The van der Waals surface area contributed by atoms with Gasteiger partial charge in [0, 0.05) is 43.5 Å². The van der Waals surface area contributed by atoms with Crippen molar-refractivity contribution in [1.82, 2.24) is 9.55 Å². The number of hydrogen-bond donors (Lipinski definition) is 1. The molecule has 7 heteroatoms. The molecule has 26 heavy (non-hydrogen) atoms. The maximum absolute atomic E-state index is 12.3. The molecule has 0 saturated carbocycles. The molecule has 1 aromatic carbocycles. The predicted octanol–water partition coefficient (Wildman–Crippen LogP) is 3.31. The highest BCUT2D eigenvalue weighted by Crippen LogP contribution is 2.15. The summed E-state index contributed by atoms with van der Waals surface area (Å²) in [5.41, 5.74) is 1.07. The summed E-state index contributed by atoms with van der Waals surface area (Å²) >= 11 is 1.37. The number of nitrogens with zero attached hydrogens (tertiary/aromatic N) is 2. The summed E-state index contributed by atoms with van der Waals surface area (Å²) in [6, 6.07) is 10.2. The number of hydrogen-bond acceptors (Lipinski definition) is 5. The average Bonchev–Trinajstić information content (AvgIpc) is 3.31.